The second-order valence-electron chi connectivity index (χ2n) is 4.59. The van der Waals surface area contributed by atoms with Crippen LogP contribution in [-0.2, 0) is 13.0 Å². The zero-order valence-electron chi connectivity index (χ0n) is 9.99. The van der Waals surface area contributed by atoms with Gasteiger partial charge in [-0.05, 0) is 31.0 Å². The third kappa shape index (κ3) is 2.54. The van der Waals surface area contributed by atoms with Crippen molar-refractivity contribution in [1.82, 2.24) is 5.32 Å². The summed E-state index contributed by atoms with van der Waals surface area (Å²) in [4.78, 5) is 0. The molecular formula is C13H20N2O. The summed E-state index contributed by atoms with van der Waals surface area (Å²) in [5.41, 5.74) is 8.19. The second-order valence-corrected chi connectivity index (χ2v) is 4.59. The molecule has 1 aliphatic heterocycles. The van der Waals surface area contributed by atoms with Gasteiger partial charge in [0.1, 0.15) is 11.9 Å². The molecule has 0 radical (unpaired) electrons. The van der Waals surface area contributed by atoms with Crippen molar-refractivity contribution in [3.8, 4) is 5.75 Å². The molecule has 0 spiro atoms. The molecule has 0 saturated heterocycles. The van der Waals surface area contributed by atoms with Crippen LogP contribution < -0.4 is 15.8 Å². The molecular weight excluding hydrogens is 200 g/mol. The van der Waals surface area contributed by atoms with E-state index in [1.807, 2.05) is 0 Å². The Bertz CT molecular complexity index is 365. The van der Waals surface area contributed by atoms with E-state index in [1.165, 1.54) is 11.1 Å². The van der Waals surface area contributed by atoms with E-state index in [0.717, 1.165) is 18.7 Å². The van der Waals surface area contributed by atoms with Gasteiger partial charge in [0.25, 0.3) is 0 Å². The van der Waals surface area contributed by atoms with Crippen molar-refractivity contribution in [2.75, 3.05) is 6.54 Å². The van der Waals surface area contributed by atoms with Gasteiger partial charge in [-0.2, -0.15) is 0 Å². The molecule has 0 bridgehead atoms. The van der Waals surface area contributed by atoms with Gasteiger partial charge in [0.15, 0.2) is 0 Å². The van der Waals surface area contributed by atoms with E-state index in [4.69, 9.17) is 10.5 Å². The van der Waals surface area contributed by atoms with E-state index in [9.17, 15) is 0 Å². The molecule has 0 fully saturated rings. The van der Waals surface area contributed by atoms with Crippen LogP contribution in [0.15, 0.2) is 18.2 Å². The van der Waals surface area contributed by atoms with E-state index >= 15 is 0 Å². The molecule has 1 heterocycles. The Morgan fingerprint density at radius 1 is 1.56 bits per heavy atom. The first-order valence-corrected chi connectivity index (χ1v) is 5.91. The monoisotopic (exact) mass is 220 g/mol. The third-order valence-corrected chi connectivity index (χ3v) is 2.97. The van der Waals surface area contributed by atoms with Crippen LogP contribution in [0.5, 0.6) is 5.75 Å². The van der Waals surface area contributed by atoms with Gasteiger partial charge in [0, 0.05) is 25.6 Å². The van der Waals surface area contributed by atoms with Gasteiger partial charge in [-0.15, -0.1) is 0 Å². The Hall–Kier alpha value is -1.06. The predicted octanol–water partition coefficient (Wildman–Crippen LogP) is 1.45. The van der Waals surface area contributed by atoms with Gasteiger partial charge in [-0.3, -0.25) is 0 Å². The number of nitrogens with two attached hydrogens (primary N) is 1. The fraction of sp³-hybridized carbons (Fsp3) is 0.538. The lowest BCUT2D eigenvalue weighted by molar-refractivity contribution is 0.254. The van der Waals surface area contributed by atoms with Crippen LogP contribution in [0.25, 0.3) is 0 Å². The van der Waals surface area contributed by atoms with Gasteiger partial charge in [0.2, 0.25) is 0 Å². The van der Waals surface area contributed by atoms with Crippen molar-refractivity contribution in [3.05, 3.63) is 29.3 Å². The standard InChI is InChI=1S/C13H20N2O/c1-9(7-14)15-8-11-3-4-13-12(6-11)5-10(2)16-13/h3-4,6,9-10,15H,5,7-8,14H2,1-2H3/t9-,10?/m1/s1. The molecule has 1 aromatic rings. The lowest BCUT2D eigenvalue weighted by Crippen LogP contribution is -2.32. The number of hydrogen-bond donors (Lipinski definition) is 2. The highest BCUT2D eigenvalue weighted by Gasteiger charge is 2.18. The van der Waals surface area contributed by atoms with E-state index in [0.29, 0.717) is 18.7 Å². The molecule has 2 atom stereocenters. The molecule has 0 amide bonds. The molecule has 88 valence electrons. The van der Waals surface area contributed by atoms with Gasteiger partial charge in [-0.1, -0.05) is 12.1 Å². The SMILES string of the molecule is CC1Cc2cc(CN[C@H](C)CN)ccc2O1. The minimum atomic E-state index is 0.321. The lowest BCUT2D eigenvalue weighted by Gasteiger charge is -2.11. The summed E-state index contributed by atoms with van der Waals surface area (Å²) >= 11 is 0. The van der Waals surface area contributed by atoms with E-state index in [1.54, 1.807) is 0 Å². The molecule has 0 aromatic heterocycles. The first kappa shape index (κ1) is 11.4. The minimum absolute atomic E-state index is 0.321. The fourth-order valence-electron chi connectivity index (χ4n) is 1.96. The highest BCUT2D eigenvalue weighted by molar-refractivity contribution is 5.40. The summed E-state index contributed by atoms with van der Waals surface area (Å²) in [5.74, 6) is 1.04. The number of rotatable bonds is 4. The number of fused-ring (bicyclic) bond motifs is 1. The van der Waals surface area contributed by atoms with Gasteiger partial charge >= 0.3 is 0 Å². The summed E-state index contributed by atoms with van der Waals surface area (Å²) in [7, 11) is 0. The maximum absolute atomic E-state index is 5.67. The average Bonchev–Trinajstić information content (AvgIpc) is 2.65. The minimum Gasteiger partial charge on any atom is -0.490 e. The largest absolute Gasteiger partial charge is 0.490 e. The first-order valence-electron chi connectivity index (χ1n) is 5.91. The summed E-state index contributed by atoms with van der Waals surface area (Å²) in [5, 5.41) is 3.39. The third-order valence-electron chi connectivity index (χ3n) is 2.97. The van der Waals surface area contributed by atoms with Crippen LogP contribution in [0.4, 0.5) is 0 Å². The van der Waals surface area contributed by atoms with Crippen molar-refractivity contribution in [2.45, 2.75) is 39.0 Å². The number of nitrogens with one attached hydrogen (secondary N) is 1. The van der Waals surface area contributed by atoms with Crippen LogP contribution in [-0.4, -0.2) is 18.7 Å². The van der Waals surface area contributed by atoms with Crippen molar-refractivity contribution >= 4 is 0 Å². The quantitative estimate of drug-likeness (QED) is 0.807. The number of hydrogen-bond acceptors (Lipinski definition) is 3. The van der Waals surface area contributed by atoms with Crippen LogP contribution in [0.3, 0.4) is 0 Å². The smallest absolute Gasteiger partial charge is 0.123 e. The van der Waals surface area contributed by atoms with Crippen molar-refractivity contribution in [2.24, 2.45) is 5.73 Å². The summed E-state index contributed by atoms with van der Waals surface area (Å²) in [6.45, 7) is 5.75. The highest BCUT2D eigenvalue weighted by atomic mass is 16.5. The molecule has 0 aliphatic carbocycles. The van der Waals surface area contributed by atoms with Crippen LogP contribution in [0, 0.1) is 0 Å². The Labute approximate surface area is 97.0 Å². The summed E-state index contributed by atoms with van der Waals surface area (Å²) in [6, 6.07) is 6.79. The van der Waals surface area contributed by atoms with Crippen LogP contribution in [0.2, 0.25) is 0 Å². The first-order chi connectivity index (χ1) is 7.69. The molecule has 0 saturated carbocycles. The Morgan fingerprint density at radius 2 is 2.38 bits per heavy atom. The van der Waals surface area contributed by atoms with Crippen molar-refractivity contribution in [1.29, 1.82) is 0 Å². The summed E-state index contributed by atoms with van der Waals surface area (Å²) in [6.07, 6.45) is 1.34. The predicted molar refractivity (Wildman–Crippen MR) is 65.6 cm³/mol. The molecule has 2 rings (SSSR count). The number of ether oxygens (including phenoxy) is 1. The van der Waals surface area contributed by atoms with Gasteiger partial charge < -0.3 is 15.8 Å². The van der Waals surface area contributed by atoms with Gasteiger partial charge in [-0.25, -0.2) is 0 Å². The molecule has 16 heavy (non-hydrogen) atoms. The lowest BCUT2D eigenvalue weighted by atomic mass is 10.1. The van der Waals surface area contributed by atoms with E-state index in [2.05, 4.69) is 37.4 Å². The highest BCUT2D eigenvalue weighted by Crippen LogP contribution is 2.29. The molecule has 1 unspecified atom stereocenters. The van der Waals surface area contributed by atoms with Crippen molar-refractivity contribution in [3.63, 3.8) is 0 Å². The molecule has 3 nitrogen and oxygen atoms in total. The Kier molecular flexibility index (Phi) is 3.46. The maximum Gasteiger partial charge on any atom is 0.123 e. The normalized spacial score (nSPS) is 20.3. The zero-order valence-corrected chi connectivity index (χ0v) is 9.99. The molecule has 1 aromatic carbocycles. The maximum atomic E-state index is 5.67. The van der Waals surface area contributed by atoms with E-state index < -0.39 is 0 Å². The molecule has 3 N–H and O–H groups in total. The second kappa shape index (κ2) is 4.85. The van der Waals surface area contributed by atoms with Crippen molar-refractivity contribution < 1.29 is 4.74 Å². The van der Waals surface area contributed by atoms with E-state index in [-0.39, 0.29) is 0 Å². The molecule has 3 heteroatoms. The topological polar surface area (TPSA) is 47.3 Å². The Balaban J connectivity index is 2.00. The fourth-order valence-corrected chi connectivity index (χ4v) is 1.96. The zero-order chi connectivity index (χ0) is 11.5. The van der Waals surface area contributed by atoms with Crippen LogP contribution >= 0.6 is 0 Å². The van der Waals surface area contributed by atoms with Crippen LogP contribution in [0.1, 0.15) is 25.0 Å². The summed E-state index contributed by atoms with van der Waals surface area (Å²) < 4.78 is 5.67. The Morgan fingerprint density at radius 3 is 3.12 bits per heavy atom. The number of benzene rings is 1. The average molecular weight is 220 g/mol. The van der Waals surface area contributed by atoms with Gasteiger partial charge in [0.05, 0.1) is 0 Å². The molecule has 1 aliphatic rings.